The Morgan fingerprint density at radius 1 is 0.848 bits per heavy atom. The number of hydrogen-bond donors (Lipinski definition) is 2. The zero-order valence-corrected chi connectivity index (χ0v) is 17.3. The molecule has 4 rings (SSSR count). The fourth-order valence-corrected chi connectivity index (χ4v) is 3.09. The topological polar surface area (TPSA) is 72.5 Å². The number of fused-ring (bicyclic) bond motifs is 1. The van der Waals surface area contributed by atoms with Gasteiger partial charge in [0.05, 0.1) is 18.2 Å². The Labute approximate surface area is 187 Å². The van der Waals surface area contributed by atoms with E-state index in [1.165, 1.54) is 12.1 Å². The van der Waals surface area contributed by atoms with Gasteiger partial charge in [-0.15, -0.1) is 0 Å². The quantitative estimate of drug-likeness (QED) is 0.353. The summed E-state index contributed by atoms with van der Waals surface area (Å²) in [6, 6.07) is 17.5. The fraction of sp³-hybridized carbons (Fsp3) is 0.0833. The Bertz CT molecular complexity index is 1270. The molecule has 168 valence electrons. The Morgan fingerprint density at radius 3 is 2.06 bits per heavy atom. The van der Waals surface area contributed by atoms with Gasteiger partial charge < -0.3 is 20.1 Å². The number of amides is 2. The first-order valence-corrected chi connectivity index (χ1v) is 9.78. The molecule has 0 aliphatic carbocycles. The average molecular weight is 453 g/mol. The van der Waals surface area contributed by atoms with E-state index in [1.807, 2.05) is 18.2 Å². The molecule has 1 heterocycles. The molecule has 0 radical (unpaired) electrons. The van der Waals surface area contributed by atoms with Crippen molar-refractivity contribution in [1.82, 2.24) is 4.98 Å². The van der Waals surface area contributed by atoms with E-state index in [0.29, 0.717) is 22.9 Å². The van der Waals surface area contributed by atoms with Crippen LogP contribution >= 0.6 is 0 Å². The third-order valence-corrected chi connectivity index (χ3v) is 4.72. The van der Waals surface area contributed by atoms with Crippen LogP contribution in [0.3, 0.4) is 0 Å². The van der Waals surface area contributed by atoms with Gasteiger partial charge >= 0.3 is 12.2 Å². The minimum absolute atomic E-state index is 0.237. The number of nitrogens with one attached hydrogen (secondary N) is 2. The zero-order valence-electron chi connectivity index (χ0n) is 17.3. The second-order valence-corrected chi connectivity index (χ2v) is 6.97. The van der Waals surface area contributed by atoms with Crippen LogP contribution in [0.4, 0.5) is 29.3 Å². The molecule has 3 aromatic carbocycles. The molecule has 0 atom stereocenters. The zero-order chi connectivity index (χ0) is 23.4. The van der Waals surface area contributed by atoms with Crippen LogP contribution in [0.5, 0.6) is 17.2 Å². The number of ether oxygens (including phenoxy) is 2. The van der Waals surface area contributed by atoms with E-state index in [9.17, 15) is 18.0 Å². The van der Waals surface area contributed by atoms with Crippen molar-refractivity contribution in [2.45, 2.75) is 6.18 Å². The maximum Gasteiger partial charge on any atom is 0.416 e. The van der Waals surface area contributed by atoms with Crippen molar-refractivity contribution in [3.63, 3.8) is 0 Å². The van der Waals surface area contributed by atoms with Crippen LogP contribution in [0.25, 0.3) is 10.9 Å². The van der Waals surface area contributed by atoms with E-state index in [0.717, 1.165) is 23.0 Å². The van der Waals surface area contributed by atoms with Gasteiger partial charge in [-0.2, -0.15) is 13.2 Å². The summed E-state index contributed by atoms with van der Waals surface area (Å²) in [5.41, 5.74) is 0.685. The molecule has 6 nitrogen and oxygen atoms in total. The number of rotatable bonds is 5. The molecule has 0 bridgehead atoms. The van der Waals surface area contributed by atoms with Gasteiger partial charge in [0, 0.05) is 23.0 Å². The van der Waals surface area contributed by atoms with E-state index >= 15 is 0 Å². The molecular weight excluding hydrogens is 435 g/mol. The molecule has 2 amide bonds. The van der Waals surface area contributed by atoms with Crippen LogP contribution in [0.1, 0.15) is 5.56 Å². The molecule has 9 heteroatoms. The Morgan fingerprint density at radius 2 is 1.45 bits per heavy atom. The molecule has 0 unspecified atom stereocenters. The second-order valence-electron chi connectivity index (χ2n) is 6.97. The maximum absolute atomic E-state index is 12.6. The van der Waals surface area contributed by atoms with Crippen LogP contribution < -0.4 is 20.1 Å². The van der Waals surface area contributed by atoms with E-state index in [-0.39, 0.29) is 5.69 Å². The predicted molar refractivity (Wildman–Crippen MR) is 119 cm³/mol. The number of urea groups is 1. The van der Waals surface area contributed by atoms with Crippen molar-refractivity contribution in [3.05, 3.63) is 84.6 Å². The van der Waals surface area contributed by atoms with Crippen molar-refractivity contribution < 1.29 is 27.4 Å². The van der Waals surface area contributed by atoms with Gasteiger partial charge in [-0.25, -0.2) is 4.79 Å². The third-order valence-electron chi connectivity index (χ3n) is 4.72. The van der Waals surface area contributed by atoms with Crippen molar-refractivity contribution >= 4 is 28.3 Å². The number of anilines is 2. The van der Waals surface area contributed by atoms with E-state index in [2.05, 4.69) is 15.6 Å². The second kappa shape index (κ2) is 9.07. The maximum atomic E-state index is 12.6. The van der Waals surface area contributed by atoms with Crippen molar-refractivity contribution in [2.75, 3.05) is 17.7 Å². The molecule has 0 spiro atoms. The molecule has 0 saturated heterocycles. The summed E-state index contributed by atoms with van der Waals surface area (Å²) in [7, 11) is 1.58. The number of halogens is 3. The Balaban J connectivity index is 1.40. The normalized spacial score (nSPS) is 11.2. The van der Waals surface area contributed by atoms with Crippen molar-refractivity contribution in [3.8, 4) is 17.2 Å². The SMILES string of the molecule is COc1ccc2nccc(Oc3ccc(NC(=O)Nc4ccc(C(F)(F)F)cc4)cc3)c2c1. The first kappa shape index (κ1) is 21.9. The van der Waals surface area contributed by atoms with Gasteiger partial charge in [0.1, 0.15) is 17.2 Å². The summed E-state index contributed by atoms with van der Waals surface area (Å²) >= 11 is 0. The number of nitrogens with zero attached hydrogens (tertiary/aromatic N) is 1. The smallest absolute Gasteiger partial charge is 0.416 e. The lowest BCUT2D eigenvalue weighted by Crippen LogP contribution is -2.19. The number of pyridine rings is 1. The van der Waals surface area contributed by atoms with Crippen LogP contribution in [-0.2, 0) is 6.18 Å². The number of carbonyl (C=O) groups excluding carboxylic acids is 1. The number of carbonyl (C=O) groups is 1. The molecule has 0 fully saturated rings. The van der Waals surface area contributed by atoms with Crippen molar-refractivity contribution in [2.24, 2.45) is 0 Å². The first-order valence-electron chi connectivity index (χ1n) is 9.78. The Kier molecular flexibility index (Phi) is 6.03. The summed E-state index contributed by atoms with van der Waals surface area (Å²) in [6.07, 6.45) is -2.79. The summed E-state index contributed by atoms with van der Waals surface area (Å²) < 4.78 is 49.1. The van der Waals surface area contributed by atoms with Gasteiger partial charge in [-0.3, -0.25) is 4.98 Å². The van der Waals surface area contributed by atoms with Gasteiger partial charge in [-0.05, 0) is 72.8 Å². The average Bonchev–Trinajstić information content (AvgIpc) is 2.80. The summed E-state index contributed by atoms with van der Waals surface area (Å²) in [4.78, 5) is 16.5. The van der Waals surface area contributed by atoms with Crippen LogP contribution in [-0.4, -0.2) is 18.1 Å². The van der Waals surface area contributed by atoms with E-state index in [1.54, 1.807) is 43.6 Å². The molecule has 2 N–H and O–H groups in total. The predicted octanol–water partition coefficient (Wildman–Crippen LogP) is 6.70. The fourth-order valence-electron chi connectivity index (χ4n) is 3.09. The molecule has 0 saturated carbocycles. The third kappa shape index (κ3) is 5.32. The van der Waals surface area contributed by atoms with E-state index in [4.69, 9.17) is 9.47 Å². The first-order chi connectivity index (χ1) is 15.8. The minimum Gasteiger partial charge on any atom is -0.497 e. The highest BCUT2D eigenvalue weighted by Crippen LogP contribution is 2.32. The van der Waals surface area contributed by atoms with E-state index < -0.39 is 17.8 Å². The van der Waals surface area contributed by atoms with Gasteiger partial charge in [0.25, 0.3) is 0 Å². The van der Waals surface area contributed by atoms with Crippen LogP contribution in [0.2, 0.25) is 0 Å². The van der Waals surface area contributed by atoms with Gasteiger partial charge in [0.15, 0.2) is 0 Å². The summed E-state index contributed by atoms with van der Waals surface area (Å²) in [6.45, 7) is 0. The van der Waals surface area contributed by atoms with Crippen molar-refractivity contribution in [1.29, 1.82) is 0 Å². The molecule has 0 aliphatic heterocycles. The number of benzene rings is 3. The number of hydrogen-bond acceptors (Lipinski definition) is 4. The molecule has 1 aromatic heterocycles. The minimum atomic E-state index is -4.43. The highest BCUT2D eigenvalue weighted by Gasteiger charge is 2.29. The van der Waals surface area contributed by atoms with Gasteiger partial charge in [-0.1, -0.05) is 0 Å². The monoisotopic (exact) mass is 453 g/mol. The highest BCUT2D eigenvalue weighted by molar-refractivity contribution is 5.99. The lowest BCUT2D eigenvalue weighted by Gasteiger charge is -2.11. The number of methoxy groups -OCH3 is 1. The number of alkyl halides is 3. The lowest BCUT2D eigenvalue weighted by molar-refractivity contribution is -0.137. The van der Waals surface area contributed by atoms with Crippen LogP contribution in [0, 0.1) is 0 Å². The number of aromatic nitrogens is 1. The largest absolute Gasteiger partial charge is 0.497 e. The summed E-state index contributed by atoms with van der Waals surface area (Å²) in [5, 5.41) is 5.89. The van der Waals surface area contributed by atoms with Crippen LogP contribution in [0.15, 0.2) is 79.0 Å². The molecule has 0 aliphatic rings. The molecular formula is C24H18F3N3O3. The lowest BCUT2D eigenvalue weighted by atomic mass is 10.2. The molecule has 4 aromatic rings. The standard InChI is InChI=1S/C24H18F3N3O3/c1-32-19-10-11-21-20(14-19)22(12-13-28-21)33-18-8-6-17(7-9-18)30-23(31)29-16-4-2-15(3-5-16)24(25,26)27/h2-14H,1H3,(H2,29,30,31). The Hall–Kier alpha value is -4.27. The van der Waals surface area contributed by atoms with Gasteiger partial charge in [0.2, 0.25) is 0 Å². The highest BCUT2D eigenvalue weighted by atomic mass is 19.4. The molecule has 33 heavy (non-hydrogen) atoms. The summed E-state index contributed by atoms with van der Waals surface area (Å²) in [5.74, 6) is 1.82.